The van der Waals surface area contributed by atoms with Crippen LogP contribution in [0.15, 0.2) is 77.3 Å². The predicted octanol–water partition coefficient (Wildman–Crippen LogP) is 4.96. The molecule has 1 heterocycles. The minimum atomic E-state index is -0.446. The lowest BCUT2D eigenvalue weighted by Crippen LogP contribution is -2.20. The van der Waals surface area contributed by atoms with Gasteiger partial charge in [0, 0.05) is 11.3 Å². The SMILES string of the molecule is CCOc1ccc(NC(=O)COc2cccc(-c3noc(-c4ccccc4F)n3)c2)cc1. The summed E-state index contributed by atoms with van der Waals surface area (Å²) in [5.74, 6) is 0.811. The lowest BCUT2D eigenvalue weighted by Gasteiger charge is -2.09. The van der Waals surface area contributed by atoms with Gasteiger partial charge in [-0.3, -0.25) is 4.79 Å². The molecule has 0 saturated heterocycles. The van der Waals surface area contributed by atoms with Gasteiger partial charge in [0.1, 0.15) is 17.3 Å². The van der Waals surface area contributed by atoms with Gasteiger partial charge in [-0.25, -0.2) is 4.39 Å². The Hall–Kier alpha value is -4.20. The molecule has 162 valence electrons. The van der Waals surface area contributed by atoms with E-state index in [0.29, 0.717) is 23.6 Å². The topological polar surface area (TPSA) is 86.5 Å². The van der Waals surface area contributed by atoms with E-state index in [4.69, 9.17) is 14.0 Å². The minimum Gasteiger partial charge on any atom is -0.494 e. The third kappa shape index (κ3) is 5.10. The zero-order valence-electron chi connectivity index (χ0n) is 17.2. The number of carbonyl (C=O) groups excluding carboxylic acids is 1. The maximum absolute atomic E-state index is 13.9. The summed E-state index contributed by atoms with van der Waals surface area (Å²) in [5, 5.41) is 6.68. The fraction of sp³-hybridized carbons (Fsp3) is 0.125. The highest BCUT2D eigenvalue weighted by Crippen LogP contribution is 2.26. The molecule has 1 aromatic heterocycles. The standard InChI is InChI=1S/C24H20FN3O4/c1-2-30-18-12-10-17(11-13-18)26-22(29)15-31-19-7-5-6-16(14-19)23-27-24(32-28-23)20-8-3-4-9-21(20)25/h3-14H,2,15H2,1H3,(H,26,29). The molecule has 0 spiro atoms. The van der Waals surface area contributed by atoms with Crippen LogP contribution in [0.5, 0.6) is 11.5 Å². The molecular formula is C24H20FN3O4. The van der Waals surface area contributed by atoms with Gasteiger partial charge < -0.3 is 19.3 Å². The maximum atomic E-state index is 13.9. The van der Waals surface area contributed by atoms with Crippen molar-refractivity contribution in [3.63, 3.8) is 0 Å². The first-order valence-corrected chi connectivity index (χ1v) is 9.97. The Bertz CT molecular complexity index is 1210. The van der Waals surface area contributed by atoms with Crippen molar-refractivity contribution in [1.82, 2.24) is 10.1 Å². The molecule has 0 bridgehead atoms. The van der Waals surface area contributed by atoms with E-state index in [-0.39, 0.29) is 29.8 Å². The van der Waals surface area contributed by atoms with Gasteiger partial charge in [0.05, 0.1) is 12.2 Å². The highest BCUT2D eigenvalue weighted by atomic mass is 19.1. The smallest absolute Gasteiger partial charge is 0.262 e. The van der Waals surface area contributed by atoms with Crippen molar-refractivity contribution >= 4 is 11.6 Å². The van der Waals surface area contributed by atoms with Crippen molar-refractivity contribution in [2.45, 2.75) is 6.92 Å². The number of hydrogen-bond donors (Lipinski definition) is 1. The number of nitrogens with zero attached hydrogens (tertiary/aromatic N) is 2. The number of ether oxygens (including phenoxy) is 2. The monoisotopic (exact) mass is 433 g/mol. The molecule has 1 N–H and O–H groups in total. The zero-order valence-corrected chi connectivity index (χ0v) is 17.2. The molecule has 0 aliphatic heterocycles. The Morgan fingerprint density at radius 2 is 1.81 bits per heavy atom. The average Bonchev–Trinajstić information content (AvgIpc) is 3.30. The summed E-state index contributed by atoms with van der Waals surface area (Å²) < 4.78 is 30.1. The number of nitrogens with one attached hydrogen (secondary N) is 1. The molecule has 7 nitrogen and oxygen atoms in total. The number of benzene rings is 3. The number of aromatic nitrogens is 2. The first-order valence-electron chi connectivity index (χ1n) is 9.97. The van der Waals surface area contributed by atoms with Crippen molar-refractivity contribution in [3.05, 3.63) is 78.6 Å². The molecule has 0 aliphatic rings. The molecule has 0 radical (unpaired) electrons. The Morgan fingerprint density at radius 3 is 2.59 bits per heavy atom. The molecular weight excluding hydrogens is 413 g/mol. The first-order chi connectivity index (χ1) is 15.6. The summed E-state index contributed by atoms with van der Waals surface area (Å²) in [6, 6.07) is 20.1. The fourth-order valence-corrected chi connectivity index (χ4v) is 2.96. The zero-order chi connectivity index (χ0) is 22.3. The molecule has 0 unspecified atom stereocenters. The second-order valence-corrected chi connectivity index (χ2v) is 6.73. The quantitative estimate of drug-likeness (QED) is 0.423. The third-order valence-electron chi connectivity index (χ3n) is 4.44. The number of halogens is 1. The third-order valence-corrected chi connectivity index (χ3v) is 4.44. The number of carbonyl (C=O) groups is 1. The summed E-state index contributed by atoms with van der Waals surface area (Å²) >= 11 is 0. The van der Waals surface area contributed by atoms with Crippen molar-refractivity contribution in [3.8, 4) is 34.3 Å². The van der Waals surface area contributed by atoms with Gasteiger partial charge in [0.25, 0.3) is 11.8 Å². The molecule has 0 saturated carbocycles. The van der Waals surface area contributed by atoms with Crippen LogP contribution in [0, 0.1) is 5.82 Å². The molecule has 1 amide bonds. The predicted molar refractivity (Wildman–Crippen MR) is 117 cm³/mol. The minimum absolute atomic E-state index is 0.0826. The molecule has 3 aromatic carbocycles. The van der Waals surface area contributed by atoms with Gasteiger partial charge in [-0.1, -0.05) is 29.4 Å². The number of anilines is 1. The summed E-state index contributed by atoms with van der Waals surface area (Å²) in [5.41, 5.74) is 1.48. The van der Waals surface area contributed by atoms with Crippen LogP contribution in [0.4, 0.5) is 10.1 Å². The van der Waals surface area contributed by atoms with E-state index in [1.54, 1.807) is 66.7 Å². The molecule has 8 heteroatoms. The highest BCUT2D eigenvalue weighted by molar-refractivity contribution is 5.91. The van der Waals surface area contributed by atoms with E-state index in [9.17, 15) is 9.18 Å². The fourth-order valence-electron chi connectivity index (χ4n) is 2.96. The normalized spacial score (nSPS) is 10.6. The summed E-state index contributed by atoms with van der Waals surface area (Å²) in [6.45, 7) is 2.30. The van der Waals surface area contributed by atoms with Gasteiger partial charge in [0.2, 0.25) is 5.82 Å². The Kier molecular flexibility index (Phi) is 6.41. The van der Waals surface area contributed by atoms with Crippen molar-refractivity contribution < 1.29 is 23.2 Å². The van der Waals surface area contributed by atoms with E-state index in [1.807, 2.05) is 6.92 Å². The van der Waals surface area contributed by atoms with Crippen LogP contribution in [-0.2, 0) is 4.79 Å². The van der Waals surface area contributed by atoms with Gasteiger partial charge in [-0.05, 0) is 55.5 Å². The van der Waals surface area contributed by atoms with Crippen LogP contribution in [-0.4, -0.2) is 29.3 Å². The van der Waals surface area contributed by atoms with Crippen LogP contribution in [0.1, 0.15) is 6.92 Å². The van der Waals surface area contributed by atoms with E-state index < -0.39 is 5.82 Å². The summed E-state index contributed by atoms with van der Waals surface area (Å²) in [6.07, 6.45) is 0. The van der Waals surface area contributed by atoms with Gasteiger partial charge in [0.15, 0.2) is 6.61 Å². The Labute approximate surface area is 183 Å². The Morgan fingerprint density at radius 1 is 1.00 bits per heavy atom. The van der Waals surface area contributed by atoms with Gasteiger partial charge >= 0.3 is 0 Å². The Balaban J connectivity index is 1.38. The van der Waals surface area contributed by atoms with Crippen molar-refractivity contribution in [2.24, 2.45) is 0 Å². The second-order valence-electron chi connectivity index (χ2n) is 6.73. The number of rotatable bonds is 8. The van der Waals surface area contributed by atoms with Gasteiger partial charge in [-0.15, -0.1) is 0 Å². The molecule has 0 fully saturated rings. The molecule has 4 rings (SSSR count). The van der Waals surface area contributed by atoms with Crippen LogP contribution < -0.4 is 14.8 Å². The first kappa shape index (κ1) is 21.0. The molecule has 4 aromatic rings. The van der Waals surface area contributed by atoms with Crippen molar-refractivity contribution in [1.29, 1.82) is 0 Å². The lowest BCUT2D eigenvalue weighted by atomic mass is 10.2. The summed E-state index contributed by atoms with van der Waals surface area (Å²) in [4.78, 5) is 16.5. The highest BCUT2D eigenvalue weighted by Gasteiger charge is 2.14. The average molecular weight is 433 g/mol. The van der Waals surface area contributed by atoms with E-state index in [2.05, 4.69) is 15.5 Å². The van der Waals surface area contributed by atoms with Crippen LogP contribution in [0.3, 0.4) is 0 Å². The van der Waals surface area contributed by atoms with E-state index >= 15 is 0 Å². The van der Waals surface area contributed by atoms with Crippen LogP contribution in [0.2, 0.25) is 0 Å². The molecule has 32 heavy (non-hydrogen) atoms. The second kappa shape index (κ2) is 9.74. The molecule has 0 aliphatic carbocycles. The van der Waals surface area contributed by atoms with Crippen molar-refractivity contribution in [2.75, 3.05) is 18.5 Å². The van der Waals surface area contributed by atoms with E-state index in [0.717, 1.165) is 5.75 Å². The number of hydrogen-bond acceptors (Lipinski definition) is 6. The largest absolute Gasteiger partial charge is 0.494 e. The van der Waals surface area contributed by atoms with Crippen LogP contribution in [0.25, 0.3) is 22.8 Å². The lowest BCUT2D eigenvalue weighted by molar-refractivity contribution is -0.118. The maximum Gasteiger partial charge on any atom is 0.262 e. The van der Waals surface area contributed by atoms with Gasteiger partial charge in [-0.2, -0.15) is 4.98 Å². The van der Waals surface area contributed by atoms with E-state index in [1.165, 1.54) is 6.07 Å². The number of amides is 1. The molecule has 0 atom stereocenters. The summed E-state index contributed by atoms with van der Waals surface area (Å²) in [7, 11) is 0. The van der Waals surface area contributed by atoms with Crippen LogP contribution >= 0.6 is 0 Å².